The minimum Gasteiger partial charge on any atom is -0.384 e. The van der Waals surface area contributed by atoms with Gasteiger partial charge in [-0.25, -0.2) is 0 Å². The van der Waals surface area contributed by atoms with Crippen LogP contribution in [0, 0.1) is 6.92 Å². The molecule has 2 nitrogen and oxygen atoms in total. The summed E-state index contributed by atoms with van der Waals surface area (Å²) in [5, 5.41) is 7.61. The Morgan fingerprint density at radius 1 is 1.31 bits per heavy atom. The molecule has 0 fully saturated rings. The Labute approximate surface area is 103 Å². The van der Waals surface area contributed by atoms with Crippen LogP contribution in [0.25, 0.3) is 0 Å². The van der Waals surface area contributed by atoms with Gasteiger partial charge in [-0.3, -0.25) is 0 Å². The third kappa shape index (κ3) is 4.42. The van der Waals surface area contributed by atoms with Gasteiger partial charge in [-0.15, -0.1) is 0 Å². The standard InChI is InChI=1S/C13H21ClN2/c1-4-11(3)15-7-8-16-13-9-12(14)6-5-10(13)2/h5-6,9,11,15-16H,4,7-8H2,1-3H3. The van der Waals surface area contributed by atoms with E-state index in [0.717, 1.165) is 30.2 Å². The van der Waals surface area contributed by atoms with Crippen molar-refractivity contribution in [2.75, 3.05) is 18.4 Å². The van der Waals surface area contributed by atoms with Crippen LogP contribution in [0.1, 0.15) is 25.8 Å². The first-order valence-electron chi connectivity index (χ1n) is 5.87. The largest absolute Gasteiger partial charge is 0.384 e. The average Bonchev–Trinajstić information content (AvgIpc) is 2.28. The Morgan fingerprint density at radius 3 is 2.75 bits per heavy atom. The maximum atomic E-state index is 5.95. The van der Waals surface area contributed by atoms with Gasteiger partial charge in [-0.2, -0.15) is 0 Å². The van der Waals surface area contributed by atoms with Crippen LogP contribution in [0.4, 0.5) is 5.69 Å². The van der Waals surface area contributed by atoms with E-state index < -0.39 is 0 Å². The van der Waals surface area contributed by atoms with Crippen molar-refractivity contribution in [3.8, 4) is 0 Å². The summed E-state index contributed by atoms with van der Waals surface area (Å²) in [6, 6.07) is 6.51. The number of aryl methyl sites for hydroxylation is 1. The van der Waals surface area contributed by atoms with E-state index in [0.29, 0.717) is 6.04 Å². The highest BCUT2D eigenvalue weighted by Crippen LogP contribution is 2.19. The number of hydrogen-bond acceptors (Lipinski definition) is 2. The number of benzene rings is 1. The molecule has 0 saturated carbocycles. The van der Waals surface area contributed by atoms with E-state index in [1.165, 1.54) is 5.56 Å². The third-order valence-corrected chi connectivity index (χ3v) is 2.98. The molecule has 0 aliphatic rings. The fourth-order valence-corrected chi connectivity index (χ4v) is 1.62. The van der Waals surface area contributed by atoms with Crippen LogP contribution in [0.15, 0.2) is 18.2 Å². The van der Waals surface area contributed by atoms with Crippen molar-refractivity contribution < 1.29 is 0 Å². The topological polar surface area (TPSA) is 24.1 Å². The molecule has 1 rings (SSSR count). The Morgan fingerprint density at radius 2 is 2.06 bits per heavy atom. The van der Waals surface area contributed by atoms with Crippen molar-refractivity contribution >= 4 is 17.3 Å². The van der Waals surface area contributed by atoms with Gasteiger partial charge in [0.2, 0.25) is 0 Å². The molecule has 0 saturated heterocycles. The van der Waals surface area contributed by atoms with Crippen LogP contribution < -0.4 is 10.6 Å². The van der Waals surface area contributed by atoms with Gasteiger partial charge in [0.1, 0.15) is 0 Å². The molecule has 1 aromatic carbocycles. The molecule has 3 heteroatoms. The van der Waals surface area contributed by atoms with Gasteiger partial charge in [0.25, 0.3) is 0 Å². The molecule has 1 atom stereocenters. The molecule has 0 heterocycles. The molecule has 1 unspecified atom stereocenters. The number of anilines is 1. The molecule has 0 bridgehead atoms. The predicted molar refractivity (Wildman–Crippen MR) is 72.4 cm³/mol. The summed E-state index contributed by atoms with van der Waals surface area (Å²) in [4.78, 5) is 0. The van der Waals surface area contributed by atoms with Gasteiger partial charge in [0, 0.05) is 29.8 Å². The van der Waals surface area contributed by atoms with Crippen LogP contribution in [-0.4, -0.2) is 19.1 Å². The number of hydrogen-bond donors (Lipinski definition) is 2. The summed E-state index contributed by atoms with van der Waals surface area (Å²) in [6.45, 7) is 8.37. The zero-order chi connectivity index (χ0) is 12.0. The summed E-state index contributed by atoms with van der Waals surface area (Å²) in [5.74, 6) is 0. The van der Waals surface area contributed by atoms with E-state index in [4.69, 9.17) is 11.6 Å². The van der Waals surface area contributed by atoms with E-state index in [-0.39, 0.29) is 0 Å². The Balaban J connectivity index is 2.34. The van der Waals surface area contributed by atoms with Gasteiger partial charge in [-0.05, 0) is 38.0 Å². The molecule has 0 aliphatic carbocycles. The fourth-order valence-electron chi connectivity index (χ4n) is 1.44. The smallest absolute Gasteiger partial charge is 0.0426 e. The quantitative estimate of drug-likeness (QED) is 0.745. The molecular formula is C13H21ClN2. The monoisotopic (exact) mass is 240 g/mol. The first-order chi connectivity index (χ1) is 7.63. The minimum atomic E-state index is 0.585. The van der Waals surface area contributed by atoms with Crippen molar-refractivity contribution in [1.82, 2.24) is 5.32 Å². The summed E-state index contributed by atoms with van der Waals surface area (Å²) in [7, 11) is 0. The third-order valence-electron chi connectivity index (χ3n) is 2.75. The SMILES string of the molecule is CCC(C)NCCNc1cc(Cl)ccc1C. The summed E-state index contributed by atoms with van der Waals surface area (Å²) in [6.07, 6.45) is 1.16. The Hall–Kier alpha value is -0.730. The first kappa shape index (κ1) is 13.3. The van der Waals surface area contributed by atoms with Crippen molar-refractivity contribution in [3.05, 3.63) is 28.8 Å². The fraction of sp³-hybridized carbons (Fsp3) is 0.538. The predicted octanol–water partition coefficient (Wildman–Crippen LogP) is 3.45. The van der Waals surface area contributed by atoms with E-state index >= 15 is 0 Å². The second kappa shape index (κ2) is 6.77. The van der Waals surface area contributed by atoms with Crippen molar-refractivity contribution in [2.45, 2.75) is 33.2 Å². The lowest BCUT2D eigenvalue weighted by Gasteiger charge is -2.13. The van der Waals surface area contributed by atoms with Crippen molar-refractivity contribution in [2.24, 2.45) is 0 Å². The lowest BCUT2D eigenvalue weighted by Crippen LogP contribution is -2.30. The van der Waals surface area contributed by atoms with E-state index in [2.05, 4.69) is 31.4 Å². The highest BCUT2D eigenvalue weighted by Gasteiger charge is 1.99. The molecule has 2 N–H and O–H groups in total. The lowest BCUT2D eigenvalue weighted by molar-refractivity contribution is 0.546. The number of rotatable bonds is 6. The molecule has 0 amide bonds. The van der Waals surface area contributed by atoms with E-state index in [1.807, 2.05) is 18.2 Å². The maximum absolute atomic E-state index is 5.95. The second-order valence-electron chi connectivity index (χ2n) is 4.15. The van der Waals surface area contributed by atoms with Crippen LogP contribution in [-0.2, 0) is 0 Å². The van der Waals surface area contributed by atoms with Crippen LogP contribution in [0.2, 0.25) is 5.02 Å². The zero-order valence-corrected chi connectivity index (χ0v) is 11.1. The highest BCUT2D eigenvalue weighted by molar-refractivity contribution is 6.30. The molecule has 0 aromatic heterocycles. The molecule has 16 heavy (non-hydrogen) atoms. The minimum absolute atomic E-state index is 0.585. The van der Waals surface area contributed by atoms with Gasteiger partial charge in [-0.1, -0.05) is 24.6 Å². The molecule has 0 aliphatic heterocycles. The summed E-state index contributed by atoms with van der Waals surface area (Å²) < 4.78 is 0. The summed E-state index contributed by atoms with van der Waals surface area (Å²) >= 11 is 5.95. The molecule has 90 valence electrons. The number of halogens is 1. The molecule has 0 radical (unpaired) electrons. The average molecular weight is 241 g/mol. The van der Waals surface area contributed by atoms with Gasteiger partial charge >= 0.3 is 0 Å². The Bertz CT molecular complexity index is 326. The lowest BCUT2D eigenvalue weighted by atomic mass is 10.2. The van der Waals surface area contributed by atoms with Crippen molar-refractivity contribution in [3.63, 3.8) is 0 Å². The molecule has 0 spiro atoms. The van der Waals surface area contributed by atoms with E-state index in [1.54, 1.807) is 0 Å². The maximum Gasteiger partial charge on any atom is 0.0426 e. The second-order valence-corrected chi connectivity index (χ2v) is 4.59. The Kier molecular flexibility index (Phi) is 5.64. The van der Waals surface area contributed by atoms with Crippen LogP contribution >= 0.6 is 11.6 Å². The number of nitrogens with one attached hydrogen (secondary N) is 2. The highest BCUT2D eigenvalue weighted by atomic mass is 35.5. The molecule has 1 aromatic rings. The normalized spacial score (nSPS) is 12.5. The molecular weight excluding hydrogens is 220 g/mol. The van der Waals surface area contributed by atoms with E-state index in [9.17, 15) is 0 Å². The van der Waals surface area contributed by atoms with Gasteiger partial charge in [0.05, 0.1) is 0 Å². The zero-order valence-electron chi connectivity index (χ0n) is 10.3. The van der Waals surface area contributed by atoms with Gasteiger partial charge < -0.3 is 10.6 Å². The van der Waals surface area contributed by atoms with Crippen molar-refractivity contribution in [1.29, 1.82) is 0 Å². The van der Waals surface area contributed by atoms with Gasteiger partial charge in [0.15, 0.2) is 0 Å². The first-order valence-corrected chi connectivity index (χ1v) is 6.24. The van der Waals surface area contributed by atoms with Crippen LogP contribution in [0.3, 0.4) is 0 Å². The van der Waals surface area contributed by atoms with Crippen LogP contribution in [0.5, 0.6) is 0 Å². The summed E-state index contributed by atoms with van der Waals surface area (Å²) in [5.41, 5.74) is 2.35.